The third-order valence-corrected chi connectivity index (χ3v) is 8.88. The van der Waals surface area contributed by atoms with Gasteiger partial charge < -0.3 is 10.2 Å². The fraction of sp³-hybridized carbons (Fsp3) is 0.455. The molecule has 1 saturated heterocycles. The van der Waals surface area contributed by atoms with Gasteiger partial charge in [0.25, 0.3) is 10.0 Å². The Balaban J connectivity index is 1.63. The Kier molecular flexibility index (Phi) is 7.18. The van der Waals surface area contributed by atoms with Crippen LogP contribution in [0.15, 0.2) is 34.5 Å². The van der Waals surface area contributed by atoms with Crippen molar-refractivity contribution in [1.29, 1.82) is 0 Å². The highest BCUT2D eigenvalue weighted by atomic mass is 32.2. The average molecular weight is 464 g/mol. The van der Waals surface area contributed by atoms with Crippen molar-refractivity contribution >= 4 is 38.9 Å². The van der Waals surface area contributed by atoms with Crippen molar-refractivity contribution in [2.45, 2.75) is 37.8 Å². The predicted octanol–water partition coefficient (Wildman–Crippen LogP) is 3.17. The van der Waals surface area contributed by atoms with E-state index in [0.717, 1.165) is 21.7 Å². The van der Waals surface area contributed by atoms with E-state index < -0.39 is 15.9 Å². The molecule has 0 radical (unpaired) electrons. The maximum absolute atomic E-state index is 13.0. The summed E-state index contributed by atoms with van der Waals surface area (Å²) in [6.07, 6.45) is 1.22. The Morgan fingerprint density at radius 2 is 1.84 bits per heavy atom. The Bertz CT molecular complexity index is 1060. The summed E-state index contributed by atoms with van der Waals surface area (Å²) in [7, 11) is -2.02. The van der Waals surface area contributed by atoms with Gasteiger partial charge in [-0.25, -0.2) is 8.42 Å². The van der Waals surface area contributed by atoms with E-state index in [0.29, 0.717) is 23.6 Å². The molecule has 0 unspecified atom stereocenters. The van der Waals surface area contributed by atoms with Gasteiger partial charge in [-0.3, -0.25) is 9.59 Å². The lowest BCUT2D eigenvalue weighted by Gasteiger charge is -2.32. The molecular formula is C22H29N3O4S2. The van der Waals surface area contributed by atoms with Gasteiger partial charge in [0, 0.05) is 30.7 Å². The minimum absolute atomic E-state index is 0.0834. The Labute approximate surface area is 188 Å². The summed E-state index contributed by atoms with van der Waals surface area (Å²) in [5.74, 6) is -0.941. The second-order valence-corrected chi connectivity index (χ2v) is 11.5. The zero-order valence-corrected chi connectivity index (χ0v) is 20.0. The molecule has 1 aliphatic rings. The first-order chi connectivity index (χ1) is 14.6. The SMILES string of the molecule is Cc1ccc(S(=O)(=O)N2CCC[C@@H](C(=O)N(C)CC(=O)Nc3c(C)cccc3C)C2)s1. The van der Waals surface area contributed by atoms with Crippen LogP contribution in [0.1, 0.15) is 28.8 Å². The number of rotatable bonds is 6. The second kappa shape index (κ2) is 9.50. The summed E-state index contributed by atoms with van der Waals surface area (Å²) >= 11 is 1.24. The molecular weight excluding hydrogens is 434 g/mol. The number of para-hydroxylation sites is 1. The van der Waals surface area contributed by atoms with Crippen molar-refractivity contribution in [3.8, 4) is 0 Å². The highest BCUT2D eigenvalue weighted by Crippen LogP contribution is 2.29. The number of hydrogen-bond donors (Lipinski definition) is 1. The molecule has 0 bridgehead atoms. The Morgan fingerprint density at radius 1 is 1.16 bits per heavy atom. The minimum atomic E-state index is -3.60. The fourth-order valence-electron chi connectivity index (χ4n) is 3.84. The van der Waals surface area contributed by atoms with Crippen molar-refractivity contribution in [3.05, 3.63) is 46.3 Å². The van der Waals surface area contributed by atoms with E-state index in [1.165, 1.54) is 20.5 Å². The second-order valence-electron chi connectivity index (χ2n) is 8.08. The third-order valence-electron chi connectivity index (χ3n) is 5.55. The molecule has 1 fully saturated rings. The number of likely N-dealkylation sites (N-methyl/N-ethyl adjacent to an activating group) is 1. The highest BCUT2D eigenvalue weighted by Gasteiger charge is 2.35. The molecule has 1 N–H and O–H groups in total. The predicted molar refractivity (Wildman–Crippen MR) is 123 cm³/mol. The molecule has 9 heteroatoms. The molecule has 1 aromatic carbocycles. The average Bonchev–Trinajstić information content (AvgIpc) is 3.17. The van der Waals surface area contributed by atoms with Gasteiger partial charge in [-0.2, -0.15) is 4.31 Å². The van der Waals surface area contributed by atoms with Crippen LogP contribution in [0.2, 0.25) is 0 Å². The molecule has 0 saturated carbocycles. The van der Waals surface area contributed by atoms with Crippen LogP contribution in [-0.2, 0) is 19.6 Å². The van der Waals surface area contributed by atoms with Gasteiger partial charge in [0.15, 0.2) is 0 Å². The number of anilines is 1. The van der Waals surface area contributed by atoms with E-state index in [4.69, 9.17) is 0 Å². The lowest BCUT2D eigenvalue weighted by atomic mass is 9.98. The quantitative estimate of drug-likeness (QED) is 0.713. The molecule has 0 aliphatic carbocycles. The monoisotopic (exact) mass is 463 g/mol. The first-order valence-electron chi connectivity index (χ1n) is 10.3. The lowest BCUT2D eigenvalue weighted by molar-refractivity contribution is -0.138. The Morgan fingerprint density at radius 3 is 2.45 bits per heavy atom. The van der Waals surface area contributed by atoms with E-state index in [9.17, 15) is 18.0 Å². The zero-order chi connectivity index (χ0) is 22.8. The van der Waals surface area contributed by atoms with Crippen molar-refractivity contribution in [2.75, 3.05) is 32.0 Å². The molecule has 7 nitrogen and oxygen atoms in total. The summed E-state index contributed by atoms with van der Waals surface area (Å²) in [6, 6.07) is 9.17. The standard InChI is InChI=1S/C22H29N3O4S2/c1-15-7-5-8-16(2)21(15)23-19(26)14-24(4)22(27)18-9-6-12-25(13-18)31(28,29)20-11-10-17(3)30-20/h5,7-8,10-11,18H,6,9,12-14H2,1-4H3,(H,23,26)/t18-/m1/s1. The number of nitrogens with one attached hydrogen (secondary N) is 1. The van der Waals surface area contributed by atoms with Crippen LogP contribution in [0.4, 0.5) is 5.69 Å². The summed E-state index contributed by atoms with van der Waals surface area (Å²) in [5, 5.41) is 2.89. The molecule has 1 aromatic heterocycles. The molecule has 2 heterocycles. The van der Waals surface area contributed by atoms with Crippen LogP contribution in [-0.4, -0.2) is 56.1 Å². The van der Waals surface area contributed by atoms with Crippen LogP contribution in [0.25, 0.3) is 0 Å². The van der Waals surface area contributed by atoms with Gasteiger partial charge in [-0.15, -0.1) is 11.3 Å². The van der Waals surface area contributed by atoms with Gasteiger partial charge in [0.1, 0.15) is 4.21 Å². The van der Waals surface area contributed by atoms with Gasteiger partial charge >= 0.3 is 0 Å². The molecule has 0 spiro atoms. The van der Waals surface area contributed by atoms with Gasteiger partial charge in [-0.05, 0) is 56.9 Å². The van der Waals surface area contributed by atoms with Gasteiger partial charge in [0.05, 0.1) is 12.5 Å². The normalized spacial score (nSPS) is 17.4. The zero-order valence-electron chi connectivity index (χ0n) is 18.3. The van der Waals surface area contributed by atoms with Crippen molar-refractivity contribution < 1.29 is 18.0 Å². The van der Waals surface area contributed by atoms with Gasteiger partial charge in [-0.1, -0.05) is 18.2 Å². The number of aryl methyl sites for hydroxylation is 3. The number of piperidine rings is 1. The maximum atomic E-state index is 13.0. The largest absolute Gasteiger partial charge is 0.336 e. The van der Waals surface area contributed by atoms with Gasteiger partial charge in [0.2, 0.25) is 11.8 Å². The number of thiophene rings is 1. The Hall–Kier alpha value is -2.23. The maximum Gasteiger partial charge on any atom is 0.252 e. The number of sulfonamides is 1. The van der Waals surface area contributed by atoms with Crippen molar-refractivity contribution in [2.24, 2.45) is 5.92 Å². The van der Waals surface area contributed by atoms with E-state index in [-0.39, 0.29) is 24.9 Å². The van der Waals surface area contributed by atoms with Crippen molar-refractivity contribution in [3.63, 3.8) is 0 Å². The van der Waals surface area contributed by atoms with E-state index in [1.807, 2.05) is 39.0 Å². The summed E-state index contributed by atoms with van der Waals surface area (Å²) in [6.45, 7) is 6.17. The molecule has 1 atom stereocenters. The molecule has 2 amide bonds. The molecule has 1 aliphatic heterocycles. The molecule has 168 valence electrons. The van der Waals surface area contributed by atoms with E-state index in [2.05, 4.69) is 5.32 Å². The van der Waals surface area contributed by atoms with Crippen LogP contribution >= 0.6 is 11.3 Å². The molecule has 3 rings (SSSR count). The summed E-state index contributed by atoms with van der Waals surface area (Å²) < 4.78 is 27.6. The molecule has 2 aromatic rings. The third kappa shape index (κ3) is 5.34. The van der Waals surface area contributed by atoms with E-state index in [1.54, 1.807) is 19.2 Å². The number of nitrogens with zero attached hydrogens (tertiary/aromatic N) is 2. The number of benzene rings is 1. The molecule has 31 heavy (non-hydrogen) atoms. The minimum Gasteiger partial charge on any atom is -0.336 e. The first-order valence-corrected chi connectivity index (χ1v) is 12.5. The van der Waals surface area contributed by atoms with Crippen LogP contribution < -0.4 is 5.32 Å². The fourth-order valence-corrected chi connectivity index (χ4v) is 6.80. The highest BCUT2D eigenvalue weighted by molar-refractivity contribution is 7.91. The number of amides is 2. The number of carbonyl (C=O) groups is 2. The topological polar surface area (TPSA) is 86.8 Å². The number of carbonyl (C=O) groups excluding carboxylic acids is 2. The van der Waals surface area contributed by atoms with Crippen LogP contribution in [0.3, 0.4) is 0 Å². The number of hydrogen-bond acceptors (Lipinski definition) is 5. The summed E-state index contributed by atoms with van der Waals surface area (Å²) in [4.78, 5) is 27.8. The summed E-state index contributed by atoms with van der Waals surface area (Å²) in [5.41, 5.74) is 2.67. The lowest BCUT2D eigenvalue weighted by Crippen LogP contribution is -2.47. The van der Waals surface area contributed by atoms with Crippen LogP contribution in [0.5, 0.6) is 0 Å². The van der Waals surface area contributed by atoms with Crippen LogP contribution in [0, 0.1) is 26.7 Å². The van der Waals surface area contributed by atoms with E-state index >= 15 is 0 Å². The first kappa shape index (κ1) is 23.4. The van der Waals surface area contributed by atoms with Crippen molar-refractivity contribution in [1.82, 2.24) is 9.21 Å². The smallest absolute Gasteiger partial charge is 0.252 e.